The highest BCUT2D eigenvalue weighted by Gasteiger charge is 2.08. The molecule has 0 atom stereocenters. The van der Waals surface area contributed by atoms with Gasteiger partial charge >= 0.3 is 5.97 Å². The third kappa shape index (κ3) is 3.60. The quantitative estimate of drug-likeness (QED) is 0.249. The Balaban J connectivity index is 2.65. The number of hydrogen-bond donors (Lipinski definition) is 0. The average Bonchev–Trinajstić information content (AvgIpc) is 2.18. The normalized spacial score (nSPS) is 10.9. The Labute approximate surface area is 86.1 Å². The van der Waals surface area contributed by atoms with E-state index in [-0.39, 0.29) is 5.70 Å². The lowest BCUT2D eigenvalue weighted by Gasteiger charge is -1.99. The Morgan fingerprint density at radius 3 is 2.53 bits per heavy atom. The van der Waals surface area contributed by atoms with Gasteiger partial charge in [0.2, 0.25) is 5.70 Å². The fourth-order valence-electron chi connectivity index (χ4n) is 0.857. The summed E-state index contributed by atoms with van der Waals surface area (Å²) in [5.41, 5.74) is -0.254. The van der Waals surface area contributed by atoms with Gasteiger partial charge in [-0.15, -0.1) is 0 Å². The first-order chi connectivity index (χ1) is 7.09. The molecule has 0 aliphatic rings. The van der Waals surface area contributed by atoms with E-state index in [1.807, 2.05) is 0 Å². The van der Waals surface area contributed by atoms with Crippen molar-refractivity contribution < 1.29 is 14.5 Å². The van der Waals surface area contributed by atoms with E-state index in [2.05, 4.69) is 0 Å². The van der Waals surface area contributed by atoms with Crippen LogP contribution >= 0.6 is 0 Å². The molecule has 0 radical (unpaired) electrons. The molecule has 5 heteroatoms. The monoisotopic (exact) mass is 207 g/mol. The number of allylic oxidation sites excluding steroid dienone is 1. The molecular weight excluding hydrogens is 198 g/mol. The molecule has 0 unspecified atom stereocenters. The van der Waals surface area contributed by atoms with Gasteiger partial charge in [0, 0.05) is 6.92 Å². The van der Waals surface area contributed by atoms with Crippen molar-refractivity contribution in [1.29, 1.82) is 0 Å². The first-order valence-electron chi connectivity index (χ1n) is 4.19. The van der Waals surface area contributed by atoms with Crippen molar-refractivity contribution in [1.82, 2.24) is 0 Å². The minimum Gasteiger partial charge on any atom is -0.423 e. The Morgan fingerprint density at radius 2 is 2.00 bits per heavy atom. The van der Waals surface area contributed by atoms with Gasteiger partial charge in [-0.05, 0) is 12.1 Å². The van der Waals surface area contributed by atoms with Gasteiger partial charge in [-0.2, -0.15) is 0 Å². The minimum atomic E-state index is -0.754. The second-order valence-corrected chi connectivity index (χ2v) is 2.78. The summed E-state index contributed by atoms with van der Waals surface area (Å²) in [6, 6.07) is 8.36. The maximum Gasteiger partial charge on any atom is 0.342 e. The molecular formula is C10H9NO4. The lowest BCUT2D eigenvalue weighted by atomic mass is 10.3. The van der Waals surface area contributed by atoms with Crippen LogP contribution in [0.2, 0.25) is 0 Å². The lowest BCUT2D eigenvalue weighted by Crippen LogP contribution is -2.07. The molecule has 0 bridgehead atoms. The van der Waals surface area contributed by atoms with Crippen LogP contribution in [-0.4, -0.2) is 10.9 Å². The van der Waals surface area contributed by atoms with Crippen molar-refractivity contribution in [2.75, 3.05) is 0 Å². The molecule has 5 nitrogen and oxygen atoms in total. The number of rotatable bonds is 3. The first kappa shape index (κ1) is 10.9. The number of para-hydroxylation sites is 1. The SMILES string of the molecule is CC(=CC(=O)Oc1ccccc1)[N+](=O)[O-]. The molecule has 15 heavy (non-hydrogen) atoms. The summed E-state index contributed by atoms with van der Waals surface area (Å²) in [4.78, 5) is 20.7. The maximum atomic E-state index is 11.1. The van der Waals surface area contributed by atoms with E-state index in [1.54, 1.807) is 30.3 Å². The van der Waals surface area contributed by atoms with Gasteiger partial charge in [-0.3, -0.25) is 10.1 Å². The third-order valence-electron chi connectivity index (χ3n) is 1.58. The van der Waals surface area contributed by atoms with Crippen LogP contribution in [0.1, 0.15) is 6.92 Å². The zero-order chi connectivity index (χ0) is 11.3. The molecule has 0 N–H and O–H groups in total. The highest BCUT2D eigenvalue weighted by Crippen LogP contribution is 2.09. The van der Waals surface area contributed by atoms with Crippen LogP contribution in [0, 0.1) is 10.1 Å². The first-order valence-corrected chi connectivity index (χ1v) is 4.19. The molecule has 0 aromatic heterocycles. The van der Waals surface area contributed by atoms with Crippen LogP contribution in [0.3, 0.4) is 0 Å². The van der Waals surface area contributed by atoms with Gasteiger partial charge in [-0.25, -0.2) is 4.79 Å². The summed E-state index contributed by atoms with van der Waals surface area (Å²) in [6.07, 6.45) is 0.840. The van der Waals surface area contributed by atoms with Crippen LogP contribution in [0.25, 0.3) is 0 Å². The molecule has 1 aromatic carbocycles. The number of nitro groups is 1. The largest absolute Gasteiger partial charge is 0.423 e. The van der Waals surface area contributed by atoms with Crippen LogP contribution < -0.4 is 4.74 Å². The molecule has 0 spiro atoms. The highest BCUT2D eigenvalue weighted by molar-refractivity contribution is 5.84. The van der Waals surface area contributed by atoms with E-state index in [0.29, 0.717) is 5.75 Å². The molecule has 78 valence electrons. The maximum absolute atomic E-state index is 11.1. The van der Waals surface area contributed by atoms with E-state index in [0.717, 1.165) is 6.08 Å². The van der Waals surface area contributed by atoms with E-state index >= 15 is 0 Å². The summed E-state index contributed by atoms with van der Waals surface area (Å²) >= 11 is 0. The molecule has 0 aliphatic heterocycles. The Morgan fingerprint density at radius 1 is 1.40 bits per heavy atom. The fraction of sp³-hybridized carbons (Fsp3) is 0.100. The van der Waals surface area contributed by atoms with Gasteiger partial charge in [-0.1, -0.05) is 18.2 Å². The summed E-state index contributed by atoms with van der Waals surface area (Å²) in [7, 11) is 0. The minimum absolute atomic E-state index is 0.254. The number of nitrogens with zero attached hydrogens (tertiary/aromatic N) is 1. The average molecular weight is 207 g/mol. The zero-order valence-electron chi connectivity index (χ0n) is 8.04. The Kier molecular flexibility index (Phi) is 3.56. The van der Waals surface area contributed by atoms with Crippen molar-refractivity contribution in [2.45, 2.75) is 6.92 Å². The van der Waals surface area contributed by atoms with E-state index in [9.17, 15) is 14.9 Å². The van der Waals surface area contributed by atoms with Crippen molar-refractivity contribution in [2.24, 2.45) is 0 Å². The molecule has 0 saturated heterocycles. The molecule has 0 heterocycles. The number of benzene rings is 1. The van der Waals surface area contributed by atoms with Crippen molar-refractivity contribution in [3.05, 3.63) is 52.2 Å². The Bertz CT molecular complexity index is 397. The van der Waals surface area contributed by atoms with Crippen molar-refractivity contribution in [3.8, 4) is 5.75 Å². The summed E-state index contributed by atoms with van der Waals surface area (Å²) in [5.74, 6) is -0.398. The smallest absolute Gasteiger partial charge is 0.342 e. The topological polar surface area (TPSA) is 69.4 Å². The highest BCUT2D eigenvalue weighted by atomic mass is 16.6. The van der Waals surface area contributed by atoms with Crippen molar-refractivity contribution in [3.63, 3.8) is 0 Å². The van der Waals surface area contributed by atoms with Crippen LogP contribution in [0.4, 0.5) is 0 Å². The van der Waals surface area contributed by atoms with Crippen molar-refractivity contribution >= 4 is 5.97 Å². The molecule has 0 amide bonds. The van der Waals surface area contributed by atoms with Gasteiger partial charge < -0.3 is 4.74 Å². The number of esters is 1. The van der Waals surface area contributed by atoms with E-state index in [1.165, 1.54) is 6.92 Å². The van der Waals surface area contributed by atoms with Gasteiger partial charge in [0.25, 0.3) is 0 Å². The molecule has 0 fully saturated rings. The van der Waals surface area contributed by atoms with E-state index < -0.39 is 10.9 Å². The van der Waals surface area contributed by atoms with E-state index in [4.69, 9.17) is 4.74 Å². The number of carbonyl (C=O) groups is 1. The van der Waals surface area contributed by atoms with Crippen LogP contribution in [0.15, 0.2) is 42.1 Å². The lowest BCUT2D eigenvalue weighted by molar-refractivity contribution is -0.424. The third-order valence-corrected chi connectivity index (χ3v) is 1.58. The number of hydrogen-bond acceptors (Lipinski definition) is 4. The van der Waals surface area contributed by atoms with Crippen LogP contribution in [0.5, 0.6) is 5.75 Å². The molecule has 1 aromatic rings. The second kappa shape index (κ2) is 4.90. The van der Waals surface area contributed by atoms with Gasteiger partial charge in [0.1, 0.15) is 5.75 Å². The fourth-order valence-corrected chi connectivity index (χ4v) is 0.857. The molecule has 0 aliphatic carbocycles. The van der Waals surface area contributed by atoms with Crippen LogP contribution in [-0.2, 0) is 4.79 Å². The summed E-state index contributed by atoms with van der Waals surface area (Å²) < 4.78 is 4.82. The predicted molar refractivity (Wildman–Crippen MR) is 52.8 cm³/mol. The molecule has 1 rings (SSSR count). The van der Waals surface area contributed by atoms with Gasteiger partial charge in [0.15, 0.2) is 0 Å². The van der Waals surface area contributed by atoms with Gasteiger partial charge in [0.05, 0.1) is 11.0 Å². The predicted octanol–water partition coefficient (Wildman–Crippen LogP) is 1.77. The molecule has 0 saturated carbocycles. The zero-order valence-corrected chi connectivity index (χ0v) is 8.04. The Hall–Kier alpha value is -2.17. The summed E-state index contributed by atoms with van der Waals surface area (Å²) in [6.45, 7) is 1.23. The summed E-state index contributed by atoms with van der Waals surface area (Å²) in [5, 5.41) is 10.2. The standard InChI is InChI=1S/C10H9NO4/c1-8(11(13)14)7-10(12)15-9-5-3-2-4-6-9/h2-7H,1H3. The number of ether oxygens (including phenoxy) is 1. The number of carbonyl (C=O) groups excluding carboxylic acids is 1. The second-order valence-electron chi connectivity index (χ2n) is 2.78.